The Hall–Kier alpha value is -8.80. The number of nitrogens with two attached hydrogens (primary N) is 1. The van der Waals surface area contributed by atoms with Gasteiger partial charge in [-0.05, 0) is 83.3 Å². The number of fused-ring (bicyclic) bond motifs is 4. The minimum atomic E-state index is -2.17. The number of hydrogen-bond acceptors (Lipinski definition) is 20. The van der Waals surface area contributed by atoms with Gasteiger partial charge in [-0.25, -0.2) is 14.6 Å². The fourth-order valence-electron chi connectivity index (χ4n) is 12.0. The lowest BCUT2D eigenvalue weighted by atomic mass is 9.98. The summed E-state index contributed by atoms with van der Waals surface area (Å²) in [6.07, 6.45) is -4.32. The van der Waals surface area contributed by atoms with E-state index in [0.29, 0.717) is 12.0 Å². The first-order valence-corrected chi connectivity index (χ1v) is 30.3. The van der Waals surface area contributed by atoms with Crippen LogP contribution in [0, 0.1) is 31.6 Å². The molecule has 1 aromatic rings. The molecule has 0 bridgehead atoms. The Kier molecular flexibility index (Phi) is 21.2. The van der Waals surface area contributed by atoms with Crippen LogP contribution in [-0.4, -0.2) is 243 Å². The Morgan fingerprint density at radius 1 is 0.736 bits per heavy atom. The lowest BCUT2D eigenvalue weighted by molar-refractivity contribution is -0.163. The van der Waals surface area contributed by atoms with Gasteiger partial charge in [-0.1, -0.05) is 47.6 Å². The molecule has 12 atom stereocenters. The number of carbonyl (C=O) groups excluding carboxylic acids is 12. The minimum absolute atomic E-state index is 0.0659. The van der Waals surface area contributed by atoms with E-state index in [1.807, 2.05) is 0 Å². The number of nitrogens with one attached hydrogen (secondary N) is 4. The highest BCUT2D eigenvalue weighted by molar-refractivity contribution is 6.10. The number of benzene rings is 2. The number of hydrogen-bond donors (Lipinski definition) is 7. The van der Waals surface area contributed by atoms with Gasteiger partial charge in [0, 0.05) is 46.3 Å². The number of anilines is 1. The molecule has 496 valence electrons. The van der Waals surface area contributed by atoms with Gasteiger partial charge < -0.3 is 80.5 Å². The van der Waals surface area contributed by atoms with Crippen LogP contribution >= 0.6 is 0 Å². The molecule has 1 aliphatic carbocycles. The summed E-state index contributed by atoms with van der Waals surface area (Å²) in [6.45, 7) is 14.7. The van der Waals surface area contributed by atoms with Gasteiger partial charge in [0.1, 0.15) is 65.6 Å². The minimum Gasteiger partial charge on any atom is -0.458 e. The van der Waals surface area contributed by atoms with E-state index in [2.05, 4.69) is 21.3 Å². The Labute approximate surface area is 525 Å². The second-order valence-electron chi connectivity index (χ2n) is 25.2. The number of aliphatic hydroxyl groups is 2. The van der Waals surface area contributed by atoms with Crippen LogP contribution in [0.5, 0.6) is 0 Å². The molecule has 0 aromatic heterocycles. The molecular weight excluding hydrogens is 1190 g/mol. The van der Waals surface area contributed by atoms with Gasteiger partial charge in [-0.2, -0.15) is 0 Å². The number of amides is 10. The maximum atomic E-state index is 15.2. The molecule has 4 saturated heterocycles. The lowest BCUT2D eigenvalue weighted by Crippen LogP contribution is -2.63. The molecular formula is C61H84N12O18. The Morgan fingerprint density at radius 3 is 1.90 bits per heavy atom. The predicted molar refractivity (Wildman–Crippen MR) is 324 cm³/mol. The van der Waals surface area contributed by atoms with E-state index in [1.54, 1.807) is 55.4 Å². The first-order chi connectivity index (χ1) is 42.6. The zero-order valence-corrected chi connectivity index (χ0v) is 53.9. The van der Waals surface area contributed by atoms with Crippen molar-refractivity contribution < 1.29 is 81.6 Å². The number of ether oxygens (including phenoxy) is 2. The lowest BCUT2D eigenvalue weighted by Gasteiger charge is -2.37. The Morgan fingerprint density at radius 2 is 1.31 bits per heavy atom. The highest BCUT2D eigenvalue weighted by Crippen LogP contribution is 2.36. The van der Waals surface area contributed by atoms with Crippen LogP contribution in [-0.2, 0) is 57.4 Å². The van der Waals surface area contributed by atoms with Crippen LogP contribution < -0.4 is 32.4 Å². The number of cyclic esters (lactones) is 2. The third-order valence-corrected chi connectivity index (χ3v) is 17.6. The van der Waals surface area contributed by atoms with Crippen LogP contribution in [0.25, 0.3) is 22.6 Å². The van der Waals surface area contributed by atoms with Crippen molar-refractivity contribution in [1.29, 1.82) is 0 Å². The zero-order valence-electron chi connectivity index (χ0n) is 53.9. The highest BCUT2D eigenvalue weighted by Gasteiger charge is 2.50. The molecule has 0 spiro atoms. The summed E-state index contributed by atoms with van der Waals surface area (Å²) < 4.78 is 18.0. The van der Waals surface area contributed by atoms with Crippen molar-refractivity contribution in [3.05, 3.63) is 44.6 Å². The van der Waals surface area contributed by atoms with Gasteiger partial charge in [0.05, 0.1) is 42.6 Å². The van der Waals surface area contributed by atoms with Gasteiger partial charge in [0.15, 0.2) is 17.4 Å². The summed E-state index contributed by atoms with van der Waals surface area (Å²) in [5.41, 5.74) is 2.93. The maximum absolute atomic E-state index is 15.2. The fraction of sp³-hybridized carbons (Fsp3) is 0.607. The molecule has 0 saturated carbocycles. The van der Waals surface area contributed by atoms with Crippen molar-refractivity contribution in [2.75, 3.05) is 60.2 Å². The van der Waals surface area contributed by atoms with Gasteiger partial charge in [-0.15, -0.1) is 0 Å². The molecule has 1 aromatic carbocycles. The Bertz CT molecular complexity index is 3460. The summed E-state index contributed by atoms with van der Waals surface area (Å²) in [5.74, 6) is -13.4. The van der Waals surface area contributed by atoms with Crippen molar-refractivity contribution in [3.63, 3.8) is 0 Å². The number of nitrogen functional groups attached to an aromatic ring is 1. The van der Waals surface area contributed by atoms with E-state index in [0.717, 1.165) is 19.6 Å². The standard InChI is InChI=1S/C61H84N12O18/c1-25(2)41-57(84)72-20-16-17-34(72)56(83)68(12)23-38(77)71(15)47(27(5)6)61(88)89-32(11)43(54(81)64-41)66-52(79)33-19-18-28(7)50-44(33)63-46-39(40(62)49(78)30(9)51(46)91-50)53(80)67-45-36(24-74)90-60(87)31(10)70(14)37(76)22-69(13)59(86)48-35(75)21-29(8)73(48)58(85)42(26(3)4)65-55(45)82/h18-19,25-27,29,31-32,34-36,41-43,45,47-48,74-75H,16-17,20-24,62H2,1-15H3,(H,64,81)(H,65,82)(H,66,79)(H,67,80)/t29-,31-,32+,34+,35-,36-,41?,42-,43+,45-,47-,48-/m0/s1. The second kappa shape index (κ2) is 27.7. The molecule has 10 amide bonds. The van der Waals surface area contributed by atoms with E-state index in [9.17, 15) is 63.0 Å². The average molecular weight is 1270 g/mol. The van der Waals surface area contributed by atoms with Crippen molar-refractivity contribution >= 4 is 87.8 Å². The quantitative estimate of drug-likeness (QED) is 0.0760. The summed E-state index contributed by atoms with van der Waals surface area (Å²) >= 11 is 0. The van der Waals surface area contributed by atoms with E-state index >= 15 is 9.59 Å². The number of nitrogens with zero attached hydrogens (tertiary/aromatic N) is 7. The number of esters is 2. The molecule has 30 nitrogen and oxygen atoms in total. The second-order valence-corrected chi connectivity index (χ2v) is 25.2. The first-order valence-electron chi connectivity index (χ1n) is 30.3. The van der Waals surface area contributed by atoms with Crippen LogP contribution in [0.15, 0.2) is 21.3 Å². The van der Waals surface area contributed by atoms with Crippen molar-refractivity contribution in [2.45, 2.75) is 168 Å². The number of likely N-dealkylation sites (N-methyl/N-ethyl adjacent to an activating group) is 4. The molecule has 1 unspecified atom stereocenters. The van der Waals surface area contributed by atoms with E-state index in [4.69, 9.17) is 24.6 Å². The smallest absolute Gasteiger partial charge is 0.329 e. The predicted octanol–water partition coefficient (Wildman–Crippen LogP) is -1.58. The maximum Gasteiger partial charge on any atom is 0.329 e. The number of carbonyl (C=O) groups is 12. The summed E-state index contributed by atoms with van der Waals surface area (Å²) in [7, 11) is 5.28. The van der Waals surface area contributed by atoms with Crippen LogP contribution in [0.4, 0.5) is 5.69 Å². The molecule has 6 aliphatic rings. The number of rotatable bonds is 8. The van der Waals surface area contributed by atoms with Gasteiger partial charge in [-0.3, -0.25) is 52.7 Å². The third kappa shape index (κ3) is 13.8. The monoisotopic (exact) mass is 1270 g/mol. The van der Waals surface area contributed by atoms with Gasteiger partial charge in [0.25, 0.3) is 11.8 Å². The van der Waals surface area contributed by atoms with Crippen LogP contribution in [0.3, 0.4) is 0 Å². The topological polar surface area (TPSA) is 400 Å². The first kappa shape index (κ1) is 69.7. The molecule has 5 heterocycles. The molecule has 7 rings (SSSR count). The summed E-state index contributed by atoms with van der Waals surface area (Å²) in [4.78, 5) is 198. The normalized spacial score (nSPS) is 27.6. The number of aromatic nitrogens is 1. The van der Waals surface area contributed by atoms with E-state index in [-0.39, 0.29) is 47.4 Å². The van der Waals surface area contributed by atoms with E-state index < -0.39 is 204 Å². The van der Waals surface area contributed by atoms with E-state index in [1.165, 1.54) is 70.9 Å². The van der Waals surface area contributed by atoms with Gasteiger partial charge >= 0.3 is 11.9 Å². The molecule has 91 heavy (non-hydrogen) atoms. The van der Waals surface area contributed by atoms with Crippen molar-refractivity contribution in [2.24, 2.45) is 17.8 Å². The van der Waals surface area contributed by atoms with Gasteiger partial charge in [0.2, 0.25) is 52.7 Å². The molecule has 0 radical (unpaired) electrons. The Balaban J connectivity index is 1.33. The van der Waals surface area contributed by atoms with Crippen LogP contribution in [0.2, 0.25) is 0 Å². The number of aryl methyl sites for hydroxylation is 1. The zero-order chi connectivity index (χ0) is 67.8. The van der Waals surface area contributed by atoms with Crippen molar-refractivity contribution in [3.8, 4) is 11.5 Å². The summed E-state index contributed by atoms with van der Waals surface area (Å²) in [5, 5.41) is 32.5. The largest absolute Gasteiger partial charge is 0.458 e. The van der Waals surface area contributed by atoms with Crippen LogP contribution in [0.1, 0.15) is 113 Å². The number of aliphatic hydroxyl groups excluding tert-OH is 2. The molecule has 5 aliphatic heterocycles. The molecule has 4 fully saturated rings. The average Bonchev–Trinajstić information content (AvgIpc) is 1.17. The fourth-order valence-corrected chi connectivity index (χ4v) is 12.0. The highest BCUT2D eigenvalue weighted by atomic mass is 16.6. The van der Waals surface area contributed by atoms with Crippen molar-refractivity contribution in [1.82, 2.24) is 55.7 Å². The third-order valence-electron chi connectivity index (χ3n) is 17.6. The molecule has 30 heteroatoms. The molecule has 8 N–H and O–H groups in total. The SMILES string of the molecule is Cc1c2oc3c(C)ccc(C(=O)N[C@H]4C(=O)NC(C(C)C)C(=O)N5CCC[C@@H]5C(=O)N(C)CC(=O)N(C)[C@@H](C(C)C)C(=O)O[C@@H]4C)c3nc-2c(C(=O)N[C@@H]2C(=O)N[C@@H](C(C)C)C(=O)N3[C@H](C(=O)N(C)CC(=O)N(C)[C@@H](C)C(=O)O[C@H]2CO)[C@@H](O)C[C@@H]3C)c(N)c1=O. The summed E-state index contributed by atoms with van der Waals surface area (Å²) in [6, 6.07) is -10.1.